The predicted molar refractivity (Wildman–Crippen MR) is 109 cm³/mol. The van der Waals surface area contributed by atoms with Crippen molar-refractivity contribution in [3.8, 4) is 16.4 Å². The fourth-order valence-corrected chi connectivity index (χ4v) is 4.47. The van der Waals surface area contributed by atoms with Crippen LogP contribution in [0.5, 0.6) is 0 Å². The summed E-state index contributed by atoms with van der Waals surface area (Å²) in [5, 5.41) is 11.9. The molecule has 4 aromatic heterocycles. The number of thioether (sulfide) groups is 1. The lowest BCUT2D eigenvalue weighted by atomic mass is 10.3. The number of fused-ring (bicyclic) bond motifs is 1. The smallest absolute Gasteiger partial charge is 0.196 e. The molecule has 0 amide bonds. The molecule has 4 heterocycles. The van der Waals surface area contributed by atoms with E-state index < -0.39 is 0 Å². The highest BCUT2D eigenvalue weighted by Crippen LogP contribution is 2.31. The molecule has 0 fully saturated rings. The predicted octanol–water partition coefficient (Wildman–Crippen LogP) is 4.94. The molecule has 5 nitrogen and oxygen atoms in total. The van der Waals surface area contributed by atoms with Crippen molar-refractivity contribution in [1.29, 1.82) is 0 Å². The van der Waals surface area contributed by atoms with E-state index in [0.29, 0.717) is 0 Å². The fraction of sp³-hybridized carbons (Fsp3) is 0.0500. The lowest BCUT2D eigenvalue weighted by Gasteiger charge is -2.08. The second-order valence-corrected chi connectivity index (χ2v) is 7.83. The molecule has 0 saturated heterocycles. The van der Waals surface area contributed by atoms with Gasteiger partial charge in [0.1, 0.15) is 5.65 Å². The molecule has 0 bridgehead atoms. The van der Waals surface area contributed by atoms with E-state index in [1.165, 1.54) is 0 Å². The SMILES string of the molecule is c1ccc(-n2c(SCc3cn4ccccc4n3)nnc2-c2cccs2)cc1. The number of benzene rings is 1. The van der Waals surface area contributed by atoms with E-state index in [9.17, 15) is 0 Å². The van der Waals surface area contributed by atoms with Crippen LogP contribution in [0.15, 0.2) is 83.6 Å². The van der Waals surface area contributed by atoms with Crippen molar-refractivity contribution in [2.24, 2.45) is 0 Å². The van der Waals surface area contributed by atoms with Gasteiger partial charge >= 0.3 is 0 Å². The first-order valence-electron chi connectivity index (χ1n) is 8.48. The number of thiophene rings is 1. The Kier molecular flexibility index (Phi) is 4.23. The van der Waals surface area contributed by atoms with Gasteiger partial charge in [-0.05, 0) is 35.7 Å². The minimum absolute atomic E-state index is 0.733. The maximum atomic E-state index is 4.67. The molecule has 0 N–H and O–H groups in total. The average molecular weight is 390 g/mol. The van der Waals surface area contributed by atoms with Gasteiger partial charge in [0.15, 0.2) is 11.0 Å². The third-order valence-corrected chi connectivity index (χ3v) is 5.98. The number of rotatable bonds is 5. The molecule has 0 atom stereocenters. The van der Waals surface area contributed by atoms with Crippen molar-refractivity contribution in [2.75, 3.05) is 0 Å². The highest BCUT2D eigenvalue weighted by Gasteiger charge is 2.17. The summed E-state index contributed by atoms with van der Waals surface area (Å²) in [6.45, 7) is 0. The molecule has 5 aromatic rings. The Hall–Kier alpha value is -2.90. The Labute approximate surface area is 164 Å². The second-order valence-electron chi connectivity index (χ2n) is 5.94. The van der Waals surface area contributed by atoms with E-state index in [1.807, 2.05) is 53.1 Å². The van der Waals surface area contributed by atoms with Gasteiger partial charge < -0.3 is 4.40 Å². The average Bonchev–Trinajstić information content (AvgIpc) is 3.45. The number of hydrogen-bond acceptors (Lipinski definition) is 5. The minimum Gasteiger partial charge on any atom is -0.307 e. The van der Waals surface area contributed by atoms with Crippen molar-refractivity contribution >= 4 is 28.7 Å². The van der Waals surface area contributed by atoms with E-state index in [-0.39, 0.29) is 0 Å². The molecule has 0 aliphatic rings. The molecule has 0 saturated carbocycles. The number of imidazole rings is 1. The zero-order chi connectivity index (χ0) is 18.1. The van der Waals surface area contributed by atoms with Crippen LogP contribution < -0.4 is 0 Å². The Morgan fingerprint density at radius 2 is 1.81 bits per heavy atom. The lowest BCUT2D eigenvalue weighted by Crippen LogP contribution is -1.98. The van der Waals surface area contributed by atoms with Gasteiger partial charge in [0, 0.05) is 23.8 Å². The van der Waals surface area contributed by atoms with Crippen LogP contribution in [0.2, 0.25) is 0 Å². The van der Waals surface area contributed by atoms with Gasteiger partial charge in [-0.1, -0.05) is 42.1 Å². The normalized spacial score (nSPS) is 11.3. The first-order valence-corrected chi connectivity index (χ1v) is 10.4. The van der Waals surface area contributed by atoms with Crippen molar-refractivity contribution in [2.45, 2.75) is 10.9 Å². The van der Waals surface area contributed by atoms with Crippen LogP contribution in [0.3, 0.4) is 0 Å². The molecule has 0 radical (unpaired) electrons. The number of pyridine rings is 1. The third-order valence-electron chi connectivity index (χ3n) is 4.15. The molecular formula is C20H15N5S2. The standard InChI is InChI=1S/C20H15N5S2/c1-2-7-16(8-3-1)25-19(17-9-6-12-26-17)22-23-20(25)27-14-15-13-24-11-5-4-10-18(24)21-15/h1-13H,14H2. The molecule has 0 spiro atoms. The zero-order valence-electron chi connectivity index (χ0n) is 14.3. The maximum Gasteiger partial charge on any atom is 0.196 e. The number of nitrogens with zero attached hydrogens (tertiary/aromatic N) is 5. The van der Waals surface area contributed by atoms with Crippen LogP contribution in [0.4, 0.5) is 0 Å². The molecular weight excluding hydrogens is 374 g/mol. The Bertz CT molecular complexity index is 1140. The van der Waals surface area contributed by atoms with E-state index in [1.54, 1.807) is 23.1 Å². The summed E-state index contributed by atoms with van der Waals surface area (Å²) in [7, 11) is 0. The topological polar surface area (TPSA) is 48.0 Å². The zero-order valence-corrected chi connectivity index (χ0v) is 15.9. The monoisotopic (exact) mass is 389 g/mol. The Balaban J connectivity index is 1.50. The molecule has 5 rings (SSSR count). The summed E-state index contributed by atoms with van der Waals surface area (Å²) in [5.41, 5.74) is 3.03. The van der Waals surface area contributed by atoms with Crippen LogP contribution in [-0.2, 0) is 5.75 Å². The first kappa shape index (κ1) is 16.3. The van der Waals surface area contributed by atoms with E-state index in [4.69, 9.17) is 0 Å². The van der Waals surface area contributed by atoms with Crippen molar-refractivity contribution in [3.05, 3.63) is 84.1 Å². The summed E-state index contributed by atoms with van der Waals surface area (Å²) >= 11 is 3.31. The maximum absolute atomic E-state index is 4.67. The largest absolute Gasteiger partial charge is 0.307 e. The van der Waals surface area contributed by atoms with Gasteiger partial charge in [-0.25, -0.2) is 4.98 Å². The van der Waals surface area contributed by atoms with Crippen LogP contribution in [0, 0.1) is 0 Å². The highest BCUT2D eigenvalue weighted by molar-refractivity contribution is 7.98. The molecule has 0 unspecified atom stereocenters. The summed E-state index contributed by atoms with van der Waals surface area (Å²) in [6, 6.07) is 20.4. The molecule has 27 heavy (non-hydrogen) atoms. The van der Waals surface area contributed by atoms with Gasteiger partial charge in [-0.2, -0.15) is 0 Å². The van der Waals surface area contributed by atoms with Crippen molar-refractivity contribution in [1.82, 2.24) is 24.1 Å². The van der Waals surface area contributed by atoms with Gasteiger partial charge in [0.2, 0.25) is 0 Å². The number of aromatic nitrogens is 5. The number of hydrogen-bond donors (Lipinski definition) is 0. The minimum atomic E-state index is 0.733. The molecule has 0 aliphatic heterocycles. The molecule has 132 valence electrons. The lowest BCUT2D eigenvalue weighted by molar-refractivity contribution is 0.886. The second kappa shape index (κ2) is 7.02. The van der Waals surface area contributed by atoms with Crippen LogP contribution >= 0.6 is 23.1 Å². The van der Waals surface area contributed by atoms with Crippen LogP contribution in [0.1, 0.15) is 5.69 Å². The quantitative estimate of drug-likeness (QED) is 0.400. The summed E-state index contributed by atoms with van der Waals surface area (Å²) in [5.74, 6) is 1.60. The van der Waals surface area contributed by atoms with Crippen molar-refractivity contribution < 1.29 is 0 Å². The Morgan fingerprint density at radius 3 is 2.63 bits per heavy atom. The third kappa shape index (κ3) is 3.15. The molecule has 1 aromatic carbocycles. The van der Waals surface area contributed by atoms with E-state index in [0.717, 1.165) is 38.6 Å². The first-order chi connectivity index (χ1) is 13.4. The van der Waals surface area contributed by atoms with Gasteiger partial charge in [0.05, 0.1) is 10.6 Å². The number of para-hydroxylation sites is 1. The van der Waals surface area contributed by atoms with E-state index >= 15 is 0 Å². The molecule has 0 aliphatic carbocycles. The molecule has 7 heteroatoms. The Morgan fingerprint density at radius 1 is 0.926 bits per heavy atom. The van der Waals surface area contributed by atoms with Gasteiger partial charge in [0.25, 0.3) is 0 Å². The van der Waals surface area contributed by atoms with Crippen LogP contribution in [-0.4, -0.2) is 24.1 Å². The van der Waals surface area contributed by atoms with Gasteiger partial charge in [-0.15, -0.1) is 21.5 Å². The van der Waals surface area contributed by atoms with E-state index in [2.05, 4.69) is 49.5 Å². The van der Waals surface area contributed by atoms with Crippen molar-refractivity contribution in [3.63, 3.8) is 0 Å². The summed E-state index contributed by atoms with van der Waals surface area (Å²) in [4.78, 5) is 5.78. The summed E-state index contributed by atoms with van der Waals surface area (Å²) in [6.07, 6.45) is 4.07. The van der Waals surface area contributed by atoms with Gasteiger partial charge in [-0.3, -0.25) is 4.57 Å². The van der Waals surface area contributed by atoms with Crippen LogP contribution in [0.25, 0.3) is 22.0 Å². The summed E-state index contributed by atoms with van der Waals surface area (Å²) < 4.78 is 4.15. The fourth-order valence-electron chi connectivity index (χ4n) is 2.93. The highest BCUT2D eigenvalue weighted by atomic mass is 32.2.